The van der Waals surface area contributed by atoms with Crippen LogP contribution in [0.5, 0.6) is 0 Å². The van der Waals surface area contributed by atoms with Crippen LogP contribution in [-0.4, -0.2) is 63.3 Å². The molecule has 1 rings (SSSR count). The summed E-state index contributed by atoms with van der Waals surface area (Å²) in [5.74, 6) is 0.897. The van der Waals surface area contributed by atoms with Crippen LogP contribution in [0, 0.1) is 0 Å². The predicted octanol–water partition coefficient (Wildman–Crippen LogP) is 1.06. The van der Waals surface area contributed by atoms with E-state index in [0.717, 1.165) is 25.7 Å². The molecule has 0 bridgehead atoms. The fourth-order valence-electron chi connectivity index (χ4n) is 2.39. The molecular formula is C14H30N4O. The number of piperidine rings is 1. The average molecular weight is 270 g/mol. The van der Waals surface area contributed by atoms with Crippen molar-refractivity contribution in [3.8, 4) is 0 Å². The summed E-state index contributed by atoms with van der Waals surface area (Å²) < 4.78 is 5.31. The number of guanidine groups is 1. The van der Waals surface area contributed by atoms with Crippen LogP contribution in [0.4, 0.5) is 0 Å². The molecule has 1 saturated heterocycles. The van der Waals surface area contributed by atoms with E-state index in [9.17, 15) is 0 Å². The van der Waals surface area contributed by atoms with Gasteiger partial charge in [0.15, 0.2) is 5.96 Å². The normalized spacial score (nSPS) is 18.6. The first-order chi connectivity index (χ1) is 9.30. The van der Waals surface area contributed by atoms with Crippen LogP contribution in [0.25, 0.3) is 0 Å². The SMILES string of the molecule is CCCN1CCC(NC(=NC)NCCOCC)CC1. The molecule has 0 radical (unpaired) electrons. The molecule has 1 aliphatic rings. The van der Waals surface area contributed by atoms with Crippen molar-refractivity contribution >= 4 is 5.96 Å². The summed E-state index contributed by atoms with van der Waals surface area (Å²) in [4.78, 5) is 6.81. The standard InChI is InChI=1S/C14H30N4O/c1-4-9-18-10-6-13(7-11-18)17-14(15-3)16-8-12-19-5-2/h13H,4-12H2,1-3H3,(H2,15,16,17). The van der Waals surface area contributed by atoms with Gasteiger partial charge in [0, 0.05) is 39.3 Å². The van der Waals surface area contributed by atoms with Gasteiger partial charge in [-0.15, -0.1) is 0 Å². The zero-order chi connectivity index (χ0) is 13.9. The van der Waals surface area contributed by atoms with Gasteiger partial charge in [0.05, 0.1) is 6.61 Å². The Labute approximate surface area is 117 Å². The zero-order valence-corrected chi connectivity index (χ0v) is 12.7. The van der Waals surface area contributed by atoms with Crippen molar-refractivity contribution in [3.63, 3.8) is 0 Å². The Bertz CT molecular complexity index is 250. The lowest BCUT2D eigenvalue weighted by atomic mass is 10.1. The van der Waals surface area contributed by atoms with Crippen molar-refractivity contribution in [2.24, 2.45) is 4.99 Å². The minimum atomic E-state index is 0.548. The summed E-state index contributed by atoms with van der Waals surface area (Å²) in [5.41, 5.74) is 0. The monoisotopic (exact) mass is 270 g/mol. The molecule has 0 aliphatic carbocycles. The van der Waals surface area contributed by atoms with E-state index in [4.69, 9.17) is 4.74 Å². The highest BCUT2D eigenvalue weighted by Crippen LogP contribution is 2.10. The third-order valence-corrected chi connectivity index (χ3v) is 3.43. The number of hydrogen-bond acceptors (Lipinski definition) is 3. The van der Waals surface area contributed by atoms with E-state index in [1.165, 1.54) is 38.9 Å². The molecule has 1 heterocycles. The van der Waals surface area contributed by atoms with E-state index >= 15 is 0 Å². The summed E-state index contributed by atoms with van der Waals surface area (Å²) in [6.07, 6.45) is 3.65. The molecule has 0 saturated carbocycles. The van der Waals surface area contributed by atoms with E-state index < -0.39 is 0 Å². The summed E-state index contributed by atoms with van der Waals surface area (Å²) >= 11 is 0. The van der Waals surface area contributed by atoms with Crippen LogP contribution in [-0.2, 0) is 4.74 Å². The molecule has 1 aliphatic heterocycles. The molecule has 0 amide bonds. The molecule has 5 heteroatoms. The second-order valence-corrected chi connectivity index (χ2v) is 4.96. The summed E-state index contributed by atoms with van der Waals surface area (Å²) in [6.45, 7) is 10.2. The van der Waals surface area contributed by atoms with Gasteiger partial charge in [-0.1, -0.05) is 6.92 Å². The minimum Gasteiger partial charge on any atom is -0.380 e. The molecule has 2 N–H and O–H groups in total. The van der Waals surface area contributed by atoms with Crippen LogP contribution in [0.2, 0.25) is 0 Å². The highest BCUT2D eigenvalue weighted by Gasteiger charge is 2.18. The molecule has 0 atom stereocenters. The zero-order valence-electron chi connectivity index (χ0n) is 12.7. The average Bonchev–Trinajstić information content (AvgIpc) is 2.44. The molecule has 0 aromatic heterocycles. The topological polar surface area (TPSA) is 48.9 Å². The molecule has 5 nitrogen and oxygen atoms in total. The fraction of sp³-hybridized carbons (Fsp3) is 0.929. The molecule has 1 fully saturated rings. The third kappa shape index (κ3) is 6.78. The Morgan fingerprint density at radius 3 is 2.63 bits per heavy atom. The van der Waals surface area contributed by atoms with Crippen LogP contribution in [0.1, 0.15) is 33.1 Å². The summed E-state index contributed by atoms with van der Waals surface area (Å²) in [7, 11) is 1.82. The molecule has 112 valence electrons. The van der Waals surface area contributed by atoms with Crippen molar-refractivity contribution in [1.29, 1.82) is 0 Å². The van der Waals surface area contributed by atoms with Crippen molar-refractivity contribution in [2.75, 3.05) is 46.4 Å². The molecule has 0 unspecified atom stereocenters. The first kappa shape index (κ1) is 16.2. The van der Waals surface area contributed by atoms with Crippen molar-refractivity contribution < 1.29 is 4.74 Å². The van der Waals surface area contributed by atoms with Gasteiger partial charge in [-0.2, -0.15) is 0 Å². The van der Waals surface area contributed by atoms with Gasteiger partial charge in [0.2, 0.25) is 0 Å². The van der Waals surface area contributed by atoms with Crippen LogP contribution in [0.3, 0.4) is 0 Å². The van der Waals surface area contributed by atoms with Gasteiger partial charge in [-0.25, -0.2) is 0 Å². The van der Waals surface area contributed by atoms with E-state index in [0.29, 0.717) is 6.04 Å². The highest BCUT2D eigenvalue weighted by molar-refractivity contribution is 5.79. The van der Waals surface area contributed by atoms with Crippen molar-refractivity contribution in [3.05, 3.63) is 0 Å². The Morgan fingerprint density at radius 1 is 1.32 bits per heavy atom. The molecular weight excluding hydrogens is 240 g/mol. The molecule has 0 aromatic carbocycles. The maximum atomic E-state index is 5.31. The lowest BCUT2D eigenvalue weighted by molar-refractivity contribution is 0.152. The van der Waals surface area contributed by atoms with Crippen LogP contribution < -0.4 is 10.6 Å². The Hall–Kier alpha value is -0.810. The largest absolute Gasteiger partial charge is 0.380 e. The van der Waals surface area contributed by atoms with E-state index in [2.05, 4.69) is 27.4 Å². The minimum absolute atomic E-state index is 0.548. The van der Waals surface area contributed by atoms with Crippen molar-refractivity contribution in [1.82, 2.24) is 15.5 Å². The Morgan fingerprint density at radius 2 is 2.05 bits per heavy atom. The van der Waals surface area contributed by atoms with Gasteiger partial charge in [0.25, 0.3) is 0 Å². The van der Waals surface area contributed by atoms with E-state index in [1.54, 1.807) is 0 Å². The smallest absolute Gasteiger partial charge is 0.191 e. The maximum absolute atomic E-state index is 5.31. The summed E-state index contributed by atoms with van der Waals surface area (Å²) in [6, 6.07) is 0.548. The van der Waals surface area contributed by atoms with E-state index in [-0.39, 0.29) is 0 Å². The first-order valence-electron chi connectivity index (χ1n) is 7.57. The quantitative estimate of drug-likeness (QED) is 0.413. The maximum Gasteiger partial charge on any atom is 0.191 e. The van der Waals surface area contributed by atoms with Crippen molar-refractivity contribution in [2.45, 2.75) is 39.2 Å². The fourth-order valence-corrected chi connectivity index (χ4v) is 2.39. The lowest BCUT2D eigenvalue weighted by Crippen LogP contribution is -2.49. The number of nitrogens with zero attached hydrogens (tertiary/aromatic N) is 2. The number of hydrogen-bond donors (Lipinski definition) is 2. The second-order valence-electron chi connectivity index (χ2n) is 4.96. The summed E-state index contributed by atoms with van der Waals surface area (Å²) in [5, 5.41) is 6.79. The van der Waals surface area contributed by atoms with Crippen LogP contribution >= 0.6 is 0 Å². The van der Waals surface area contributed by atoms with Gasteiger partial charge in [-0.05, 0) is 32.7 Å². The second kappa shape index (κ2) is 10.0. The van der Waals surface area contributed by atoms with Crippen LogP contribution in [0.15, 0.2) is 4.99 Å². The number of ether oxygens (including phenoxy) is 1. The first-order valence-corrected chi connectivity index (χ1v) is 7.57. The number of nitrogens with one attached hydrogen (secondary N) is 2. The molecule has 0 spiro atoms. The van der Waals surface area contributed by atoms with E-state index in [1.807, 2.05) is 14.0 Å². The van der Waals surface area contributed by atoms with Gasteiger partial charge >= 0.3 is 0 Å². The molecule has 0 aromatic rings. The van der Waals surface area contributed by atoms with Gasteiger partial charge in [0.1, 0.15) is 0 Å². The number of aliphatic imine (C=N–C) groups is 1. The Balaban J connectivity index is 2.18. The van der Waals surface area contributed by atoms with Gasteiger partial charge in [-0.3, -0.25) is 4.99 Å². The highest BCUT2D eigenvalue weighted by atomic mass is 16.5. The van der Waals surface area contributed by atoms with Gasteiger partial charge < -0.3 is 20.3 Å². The number of likely N-dealkylation sites (tertiary alicyclic amines) is 1. The number of rotatable bonds is 7. The third-order valence-electron chi connectivity index (χ3n) is 3.43. The lowest BCUT2D eigenvalue weighted by Gasteiger charge is -2.32. The Kier molecular flexibility index (Phi) is 8.58. The molecule has 19 heavy (non-hydrogen) atoms. The predicted molar refractivity (Wildman–Crippen MR) is 80.7 cm³/mol.